The number of Topliss-reactive ketones (excluding diaryl/α,β-unsaturated/α-hetero) is 1. The molecule has 0 bridgehead atoms. The minimum Gasteiger partial charge on any atom is -0.462 e. The Labute approximate surface area is 168 Å². The molecule has 6 nitrogen and oxygen atoms in total. The van der Waals surface area contributed by atoms with Crippen molar-refractivity contribution in [3.63, 3.8) is 0 Å². The van der Waals surface area contributed by atoms with Crippen molar-refractivity contribution < 1.29 is 14.3 Å². The molecule has 1 aromatic carbocycles. The maximum atomic E-state index is 13.1. The van der Waals surface area contributed by atoms with E-state index in [1.807, 2.05) is 31.2 Å². The standard InChI is InChI=1S/C21H25N3O3S/c1-6-24-16-11-9-8-10-15(16)23-21(24)28-14(5)19(25)18-12(3)17(13(4)22-18)20(26)27-7-2/h8-11,14,22H,6-7H2,1-5H3/t14-/m0/s1. The van der Waals surface area contributed by atoms with Crippen LogP contribution in [0.2, 0.25) is 0 Å². The molecule has 0 saturated carbocycles. The van der Waals surface area contributed by atoms with Gasteiger partial charge in [-0.1, -0.05) is 23.9 Å². The van der Waals surface area contributed by atoms with E-state index in [1.165, 1.54) is 11.8 Å². The number of nitrogens with zero attached hydrogens (tertiary/aromatic N) is 2. The van der Waals surface area contributed by atoms with Crippen molar-refractivity contribution in [2.24, 2.45) is 0 Å². The van der Waals surface area contributed by atoms with Crippen LogP contribution in [0.5, 0.6) is 0 Å². The van der Waals surface area contributed by atoms with Crippen molar-refractivity contribution >= 4 is 34.5 Å². The van der Waals surface area contributed by atoms with Crippen molar-refractivity contribution in [2.75, 3.05) is 6.61 Å². The maximum Gasteiger partial charge on any atom is 0.340 e. The number of fused-ring (bicyclic) bond motifs is 1. The van der Waals surface area contributed by atoms with E-state index in [1.54, 1.807) is 20.8 Å². The molecule has 0 radical (unpaired) electrons. The van der Waals surface area contributed by atoms with Gasteiger partial charge in [0.1, 0.15) is 0 Å². The van der Waals surface area contributed by atoms with E-state index in [4.69, 9.17) is 4.74 Å². The summed E-state index contributed by atoms with van der Waals surface area (Å²) in [6.45, 7) is 10.3. The number of esters is 1. The largest absolute Gasteiger partial charge is 0.462 e. The Bertz CT molecular complexity index is 1040. The third-order valence-electron chi connectivity index (χ3n) is 4.75. The second kappa shape index (κ2) is 8.22. The van der Waals surface area contributed by atoms with Gasteiger partial charge in [0.15, 0.2) is 10.9 Å². The normalized spacial score (nSPS) is 12.3. The van der Waals surface area contributed by atoms with E-state index < -0.39 is 5.97 Å². The first kappa shape index (κ1) is 20.2. The van der Waals surface area contributed by atoms with E-state index in [-0.39, 0.29) is 11.0 Å². The van der Waals surface area contributed by atoms with Crippen LogP contribution in [0.3, 0.4) is 0 Å². The van der Waals surface area contributed by atoms with E-state index in [0.717, 1.165) is 22.7 Å². The van der Waals surface area contributed by atoms with Crippen LogP contribution >= 0.6 is 11.8 Å². The van der Waals surface area contributed by atoms with Gasteiger partial charge in [-0.15, -0.1) is 0 Å². The third-order valence-corrected chi connectivity index (χ3v) is 5.84. The van der Waals surface area contributed by atoms with Crippen molar-refractivity contribution in [3.8, 4) is 0 Å². The third kappa shape index (κ3) is 3.58. The maximum absolute atomic E-state index is 13.1. The number of hydrogen-bond donors (Lipinski definition) is 1. The summed E-state index contributed by atoms with van der Waals surface area (Å²) in [5.74, 6) is -0.461. The van der Waals surface area contributed by atoms with Crippen LogP contribution in [-0.2, 0) is 11.3 Å². The van der Waals surface area contributed by atoms with Crippen LogP contribution in [-0.4, -0.2) is 38.1 Å². The quantitative estimate of drug-likeness (QED) is 0.358. The predicted octanol–water partition coefficient (Wildman–Crippen LogP) is 4.54. The van der Waals surface area contributed by atoms with Crippen molar-refractivity contribution in [1.29, 1.82) is 0 Å². The van der Waals surface area contributed by atoms with Crippen LogP contribution in [0.25, 0.3) is 11.0 Å². The van der Waals surface area contributed by atoms with E-state index >= 15 is 0 Å². The highest BCUT2D eigenvalue weighted by molar-refractivity contribution is 8.00. The number of nitrogens with one attached hydrogen (secondary N) is 1. The topological polar surface area (TPSA) is 77.0 Å². The number of aromatic nitrogens is 3. The van der Waals surface area contributed by atoms with Gasteiger partial charge in [0.05, 0.1) is 34.1 Å². The Morgan fingerprint density at radius 3 is 2.64 bits per heavy atom. The number of ketones is 1. The molecular weight excluding hydrogens is 374 g/mol. The number of hydrogen-bond acceptors (Lipinski definition) is 5. The zero-order valence-electron chi connectivity index (χ0n) is 16.8. The highest BCUT2D eigenvalue weighted by Crippen LogP contribution is 2.30. The highest BCUT2D eigenvalue weighted by atomic mass is 32.2. The second-order valence-corrected chi connectivity index (χ2v) is 7.91. The van der Waals surface area contributed by atoms with Crippen LogP contribution in [0.1, 0.15) is 52.9 Å². The molecule has 1 atom stereocenters. The molecule has 1 N–H and O–H groups in total. The number of benzene rings is 1. The Morgan fingerprint density at radius 2 is 1.96 bits per heavy atom. The summed E-state index contributed by atoms with van der Waals surface area (Å²) in [4.78, 5) is 33.1. The lowest BCUT2D eigenvalue weighted by Crippen LogP contribution is -2.16. The molecule has 0 aliphatic carbocycles. The number of aromatic amines is 1. The van der Waals surface area contributed by atoms with Gasteiger partial charge in [-0.05, 0) is 52.3 Å². The van der Waals surface area contributed by atoms with Gasteiger partial charge in [-0.25, -0.2) is 9.78 Å². The highest BCUT2D eigenvalue weighted by Gasteiger charge is 2.27. The van der Waals surface area contributed by atoms with Crippen molar-refractivity contribution in [2.45, 2.75) is 51.6 Å². The molecule has 3 aromatic rings. The molecule has 0 aliphatic heterocycles. The Balaban J connectivity index is 1.88. The molecule has 3 rings (SSSR count). The zero-order chi connectivity index (χ0) is 20.4. The van der Waals surface area contributed by atoms with E-state index in [0.29, 0.717) is 29.1 Å². The number of H-pyrrole nitrogens is 1. The number of imidazole rings is 1. The van der Waals surface area contributed by atoms with E-state index in [9.17, 15) is 9.59 Å². The molecule has 2 heterocycles. The number of rotatable bonds is 7. The fraction of sp³-hybridized carbons (Fsp3) is 0.381. The summed E-state index contributed by atoms with van der Waals surface area (Å²) < 4.78 is 7.23. The summed E-state index contributed by atoms with van der Waals surface area (Å²) in [6.07, 6.45) is 0. The Hall–Kier alpha value is -2.54. The molecule has 148 valence electrons. The second-order valence-electron chi connectivity index (χ2n) is 6.60. The predicted molar refractivity (Wildman–Crippen MR) is 111 cm³/mol. The number of carbonyl (C=O) groups excluding carboxylic acids is 2. The monoisotopic (exact) mass is 399 g/mol. The fourth-order valence-corrected chi connectivity index (χ4v) is 4.42. The molecule has 0 aliphatic rings. The minimum atomic E-state index is -0.402. The number of para-hydroxylation sites is 2. The smallest absolute Gasteiger partial charge is 0.340 e. The lowest BCUT2D eigenvalue weighted by atomic mass is 10.1. The SMILES string of the molecule is CCOC(=O)c1c(C)[nH]c(C(=O)[C@H](C)Sc2nc3ccccc3n2CC)c1C. The molecule has 0 saturated heterocycles. The average molecular weight is 400 g/mol. The van der Waals surface area contributed by atoms with Gasteiger partial charge in [0, 0.05) is 12.2 Å². The summed E-state index contributed by atoms with van der Waals surface area (Å²) in [5.41, 5.74) is 4.17. The van der Waals surface area contributed by atoms with Crippen LogP contribution in [0, 0.1) is 13.8 Å². The fourth-order valence-electron chi connectivity index (χ4n) is 3.37. The van der Waals surface area contributed by atoms with Gasteiger partial charge in [-0.2, -0.15) is 0 Å². The summed E-state index contributed by atoms with van der Waals surface area (Å²) in [5, 5.41) is 0.463. The number of carbonyl (C=O) groups is 2. The Morgan fingerprint density at radius 1 is 1.25 bits per heavy atom. The average Bonchev–Trinajstić information content (AvgIpc) is 3.17. The molecule has 0 amide bonds. The van der Waals surface area contributed by atoms with Crippen LogP contribution < -0.4 is 0 Å². The first-order chi connectivity index (χ1) is 13.4. The molecule has 2 aromatic heterocycles. The van der Waals surface area contributed by atoms with E-state index in [2.05, 4.69) is 21.5 Å². The molecule has 0 spiro atoms. The Kier molecular flexibility index (Phi) is 5.93. The van der Waals surface area contributed by atoms with Gasteiger partial charge in [0.2, 0.25) is 0 Å². The number of aryl methyl sites for hydroxylation is 2. The summed E-state index contributed by atoms with van der Waals surface area (Å²) >= 11 is 1.43. The zero-order valence-corrected chi connectivity index (χ0v) is 17.6. The lowest BCUT2D eigenvalue weighted by molar-refractivity contribution is 0.0525. The van der Waals surface area contributed by atoms with Gasteiger partial charge >= 0.3 is 5.97 Å². The van der Waals surface area contributed by atoms with Crippen molar-refractivity contribution in [1.82, 2.24) is 14.5 Å². The lowest BCUT2D eigenvalue weighted by Gasteiger charge is -2.11. The molecule has 28 heavy (non-hydrogen) atoms. The van der Waals surface area contributed by atoms with Gasteiger partial charge in [-0.3, -0.25) is 4.79 Å². The molecule has 0 unspecified atom stereocenters. The van der Waals surface area contributed by atoms with Crippen LogP contribution in [0.4, 0.5) is 0 Å². The number of thioether (sulfide) groups is 1. The van der Waals surface area contributed by atoms with Gasteiger partial charge in [0.25, 0.3) is 0 Å². The minimum absolute atomic E-state index is 0.0594. The molecule has 0 fully saturated rings. The number of ether oxygens (including phenoxy) is 1. The molecule has 7 heteroatoms. The summed E-state index contributed by atoms with van der Waals surface area (Å²) in [7, 11) is 0. The summed E-state index contributed by atoms with van der Waals surface area (Å²) in [6, 6.07) is 7.95. The van der Waals surface area contributed by atoms with Gasteiger partial charge < -0.3 is 14.3 Å². The first-order valence-electron chi connectivity index (χ1n) is 9.41. The van der Waals surface area contributed by atoms with Crippen molar-refractivity contribution in [3.05, 3.63) is 46.8 Å². The first-order valence-corrected chi connectivity index (χ1v) is 10.3. The van der Waals surface area contributed by atoms with Crippen LogP contribution in [0.15, 0.2) is 29.4 Å². The molecular formula is C21H25N3O3S.